The zero-order valence-corrected chi connectivity index (χ0v) is 17.2. The molecule has 5 heteroatoms. The molecule has 3 aromatic carbocycles. The van der Waals surface area contributed by atoms with Crippen molar-refractivity contribution in [3.63, 3.8) is 0 Å². The number of carbonyl (C=O) groups is 3. The second-order valence-electron chi connectivity index (χ2n) is 7.38. The molecule has 0 aromatic heterocycles. The Balaban J connectivity index is 1.78. The fourth-order valence-corrected chi connectivity index (χ4v) is 5.33. The van der Waals surface area contributed by atoms with Gasteiger partial charge in [-0.25, -0.2) is 0 Å². The van der Waals surface area contributed by atoms with E-state index in [9.17, 15) is 19.5 Å². The van der Waals surface area contributed by atoms with E-state index in [0.29, 0.717) is 16.7 Å². The molecular weight excluding hydrogens is 444 g/mol. The van der Waals surface area contributed by atoms with Gasteiger partial charge in [-0.1, -0.05) is 101 Å². The molecule has 0 amide bonds. The molecule has 0 N–H and O–H groups in total. The van der Waals surface area contributed by atoms with E-state index in [-0.39, 0.29) is 16.7 Å². The lowest BCUT2D eigenvalue weighted by Crippen LogP contribution is -2.43. The Morgan fingerprint density at radius 2 is 1.13 bits per heavy atom. The Morgan fingerprint density at radius 3 is 1.67 bits per heavy atom. The Bertz CT molecular complexity index is 1240. The number of ketones is 3. The number of halogens is 1. The maximum Gasteiger partial charge on any atom is 0.189 e. The van der Waals surface area contributed by atoms with Gasteiger partial charge >= 0.3 is 0 Å². The molecule has 2 aliphatic carbocycles. The number of carbonyl (C=O) groups excluding carboxylic acids is 3. The number of benzene rings is 3. The van der Waals surface area contributed by atoms with Crippen molar-refractivity contribution in [1.82, 2.24) is 0 Å². The monoisotopic (exact) mass is 457 g/mol. The van der Waals surface area contributed by atoms with E-state index in [1.807, 2.05) is 0 Å². The molecule has 0 radical (unpaired) electrons. The minimum atomic E-state index is -1.76. The number of rotatable bonds is 3. The van der Waals surface area contributed by atoms with Gasteiger partial charge < -0.3 is 5.11 Å². The van der Waals surface area contributed by atoms with Crippen molar-refractivity contribution in [3.05, 3.63) is 112 Å². The van der Waals surface area contributed by atoms with Crippen LogP contribution in [0.3, 0.4) is 0 Å². The first-order chi connectivity index (χ1) is 14.5. The highest BCUT2D eigenvalue weighted by atomic mass is 79.9. The predicted molar refractivity (Wildman–Crippen MR) is 114 cm³/mol. The summed E-state index contributed by atoms with van der Waals surface area (Å²) in [5, 5.41) is 13.3. The molecule has 0 fully saturated rings. The molecule has 1 unspecified atom stereocenters. The molecule has 0 spiro atoms. The van der Waals surface area contributed by atoms with Gasteiger partial charge in [-0.05, 0) is 11.1 Å². The normalized spacial score (nSPS) is 17.8. The van der Waals surface area contributed by atoms with Gasteiger partial charge in [0.25, 0.3) is 0 Å². The third kappa shape index (κ3) is 2.36. The number of alkyl halides is 1. The largest absolute Gasteiger partial charge is 0.872 e. The maximum atomic E-state index is 13.5. The van der Waals surface area contributed by atoms with Crippen LogP contribution in [0.2, 0.25) is 0 Å². The fourth-order valence-electron chi connectivity index (χ4n) is 4.41. The second kappa shape index (κ2) is 6.61. The van der Waals surface area contributed by atoms with Crippen molar-refractivity contribution in [2.24, 2.45) is 0 Å². The van der Waals surface area contributed by atoms with Gasteiger partial charge in [0, 0.05) is 28.2 Å². The van der Waals surface area contributed by atoms with Gasteiger partial charge in [0.05, 0.1) is 0 Å². The van der Waals surface area contributed by atoms with Crippen LogP contribution in [0.25, 0.3) is 5.76 Å². The van der Waals surface area contributed by atoms with Gasteiger partial charge in [-0.3, -0.25) is 14.4 Å². The first-order valence-electron chi connectivity index (χ1n) is 9.44. The molecule has 146 valence electrons. The van der Waals surface area contributed by atoms with Crippen LogP contribution < -0.4 is 5.11 Å². The lowest BCUT2D eigenvalue weighted by atomic mass is 9.76. The van der Waals surface area contributed by atoms with E-state index >= 15 is 0 Å². The van der Waals surface area contributed by atoms with Crippen LogP contribution in [0.4, 0.5) is 0 Å². The van der Waals surface area contributed by atoms with Gasteiger partial charge in [0.15, 0.2) is 21.7 Å². The van der Waals surface area contributed by atoms with E-state index in [1.54, 1.807) is 78.9 Å². The highest BCUT2D eigenvalue weighted by molar-refractivity contribution is 9.10. The SMILES string of the molecule is O=C1C(C(c2ccccc2)C2(Br)C(=O)c3ccccc3C2=O)=C([O-])c2ccccc21. The average Bonchev–Trinajstić information content (AvgIpc) is 3.14. The van der Waals surface area contributed by atoms with Crippen molar-refractivity contribution in [3.8, 4) is 0 Å². The van der Waals surface area contributed by atoms with E-state index in [2.05, 4.69) is 15.9 Å². The second-order valence-corrected chi connectivity index (χ2v) is 8.63. The standard InChI is InChI=1S/C25H15BrO4/c26-25(23(29)17-12-6-7-13-18(17)24(25)30)20(14-8-2-1-3-9-14)19-21(27)15-10-4-5-11-16(15)22(19)28/h1-13,20,27H/p-1. The van der Waals surface area contributed by atoms with Gasteiger partial charge in [0.1, 0.15) is 0 Å². The molecular formula is C25H14BrO4-. The topological polar surface area (TPSA) is 74.3 Å². The Labute approximate surface area is 181 Å². The Kier molecular flexibility index (Phi) is 4.12. The summed E-state index contributed by atoms with van der Waals surface area (Å²) >= 11 is 3.45. The molecule has 3 aromatic rings. The molecule has 0 saturated carbocycles. The highest BCUT2D eigenvalue weighted by Gasteiger charge is 2.58. The minimum absolute atomic E-state index is 0.0613. The van der Waals surface area contributed by atoms with Crippen molar-refractivity contribution >= 4 is 39.0 Å². The van der Waals surface area contributed by atoms with Gasteiger partial charge in [-0.15, -0.1) is 0 Å². The summed E-state index contributed by atoms with van der Waals surface area (Å²) in [7, 11) is 0. The summed E-state index contributed by atoms with van der Waals surface area (Å²) in [4.78, 5) is 40.3. The first-order valence-corrected chi connectivity index (χ1v) is 10.2. The minimum Gasteiger partial charge on any atom is -0.872 e. The van der Waals surface area contributed by atoms with Crippen LogP contribution >= 0.6 is 15.9 Å². The number of Topliss-reactive ketones (excluding diaryl/α,β-unsaturated/α-hetero) is 3. The first kappa shape index (κ1) is 18.7. The maximum absolute atomic E-state index is 13.5. The van der Waals surface area contributed by atoms with Crippen LogP contribution in [0.1, 0.15) is 48.1 Å². The highest BCUT2D eigenvalue weighted by Crippen LogP contribution is 2.52. The summed E-state index contributed by atoms with van der Waals surface area (Å²) < 4.78 is -1.76. The molecule has 0 aliphatic heterocycles. The zero-order valence-electron chi connectivity index (χ0n) is 15.6. The third-order valence-electron chi connectivity index (χ3n) is 5.80. The third-order valence-corrected chi connectivity index (χ3v) is 6.98. The number of hydrogen-bond acceptors (Lipinski definition) is 4. The molecule has 4 nitrogen and oxygen atoms in total. The Morgan fingerprint density at radius 1 is 0.667 bits per heavy atom. The summed E-state index contributed by atoms with van der Waals surface area (Å²) in [6, 6.07) is 21.9. The number of hydrogen-bond donors (Lipinski definition) is 0. The van der Waals surface area contributed by atoms with Crippen LogP contribution in [0.15, 0.2) is 84.4 Å². The van der Waals surface area contributed by atoms with Crippen LogP contribution in [-0.4, -0.2) is 21.7 Å². The van der Waals surface area contributed by atoms with E-state index in [1.165, 1.54) is 0 Å². The Hall–Kier alpha value is -3.31. The molecule has 30 heavy (non-hydrogen) atoms. The number of allylic oxidation sites excluding steroid dienone is 1. The number of fused-ring (bicyclic) bond motifs is 2. The summed E-state index contributed by atoms with van der Waals surface area (Å²) in [6.07, 6.45) is 0. The van der Waals surface area contributed by atoms with Crippen molar-refractivity contribution in [2.45, 2.75) is 10.2 Å². The van der Waals surface area contributed by atoms with E-state index in [0.717, 1.165) is 0 Å². The summed E-state index contributed by atoms with van der Waals surface area (Å²) in [6.45, 7) is 0. The molecule has 2 aliphatic rings. The smallest absolute Gasteiger partial charge is 0.189 e. The van der Waals surface area contributed by atoms with Crippen molar-refractivity contribution < 1.29 is 19.5 Å². The van der Waals surface area contributed by atoms with Crippen LogP contribution in [0.5, 0.6) is 0 Å². The van der Waals surface area contributed by atoms with Gasteiger partial charge in [0.2, 0.25) is 0 Å². The van der Waals surface area contributed by atoms with Crippen molar-refractivity contribution in [2.75, 3.05) is 0 Å². The predicted octanol–water partition coefficient (Wildman–Crippen LogP) is 3.95. The molecule has 1 atom stereocenters. The average molecular weight is 458 g/mol. The van der Waals surface area contributed by atoms with Crippen molar-refractivity contribution in [1.29, 1.82) is 0 Å². The van der Waals surface area contributed by atoms with Gasteiger partial charge in [-0.2, -0.15) is 0 Å². The molecule has 0 heterocycles. The lowest BCUT2D eigenvalue weighted by Gasteiger charge is -2.32. The van der Waals surface area contributed by atoms with E-state index in [4.69, 9.17) is 0 Å². The summed E-state index contributed by atoms with van der Waals surface area (Å²) in [5.74, 6) is -2.83. The van der Waals surface area contributed by atoms with E-state index < -0.39 is 33.4 Å². The quantitative estimate of drug-likeness (QED) is 0.440. The van der Waals surface area contributed by atoms with Crippen LogP contribution in [0, 0.1) is 0 Å². The summed E-state index contributed by atoms with van der Waals surface area (Å²) in [5.41, 5.74) is 1.66. The molecule has 5 rings (SSSR count). The zero-order chi connectivity index (χ0) is 21.0. The fraction of sp³-hybridized carbons (Fsp3) is 0.0800. The lowest BCUT2D eigenvalue weighted by molar-refractivity contribution is -0.244. The van der Waals surface area contributed by atoms with Crippen LogP contribution in [-0.2, 0) is 0 Å². The molecule has 0 bridgehead atoms. The molecule has 0 saturated heterocycles.